The van der Waals surface area contributed by atoms with Crippen LogP contribution in [0.15, 0.2) is 48.5 Å². The molecule has 2 aliphatic heterocycles. The number of carbonyl (C=O) groups is 3. The van der Waals surface area contributed by atoms with Gasteiger partial charge in [-0.05, 0) is 64.1 Å². The van der Waals surface area contributed by atoms with E-state index >= 15 is 0 Å². The predicted molar refractivity (Wildman–Crippen MR) is 116 cm³/mol. The fourth-order valence-corrected chi connectivity index (χ4v) is 4.36. The minimum Gasteiger partial charge on any atom is -0.469 e. The van der Waals surface area contributed by atoms with Crippen molar-refractivity contribution in [2.24, 2.45) is 0 Å². The number of amides is 4. The Morgan fingerprint density at radius 1 is 1.06 bits per heavy atom. The number of hydrogen-bond acceptors (Lipinski definition) is 4. The summed E-state index contributed by atoms with van der Waals surface area (Å²) in [6.07, 6.45) is -1.07. The van der Waals surface area contributed by atoms with Gasteiger partial charge in [-0.1, -0.05) is 12.1 Å². The highest BCUT2D eigenvalue weighted by Gasteiger charge is 2.55. The zero-order chi connectivity index (χ0) is 23.2. The van der Waals surface area contributed by atoms with E-state index in [1.54, 1.807) is 29.2 Å². The fraction of sp³-hybridized carbons (Fsp3) is 0.333. The Bertz CT molecular complexity index is 1120. The summed E-state index contributed by atoms with van der Waals surface area (Å²) in [5.41, 5.74) is 1.17. The van der Waals surface area contributed by atoms with Gasteiger partial charge in [0.1, 0.15) is 17.3 Å². The first-order chi connectivity index (χ1) is 15.2. The van der Waals surface area contributed by atoms with E-state index < -0.39 is 23.9 Å². The predicted octanol–water partition coefficient (Wildman–Crippen LogP) is 3.20. The van der Waals surface area contributed by atoms with Crippen LogP contribution in [0.5, 0.6) is 5.75 Å². The molecule has 2 heterocycles. The van der Waals surface area contributed by atoms with Gasteiger partial charge in [0.05, 0.1) is 5.56 Å². The maximum Gasteiger partial charge on any atom is 0.506 e. The molecule has 7 nitrogen and oxygen atoms in total. The minimum absolute atomic E-state index is 0.0647. The topological polar surface area (TPSA) is 69.9 Å². The van der Waals surface area contributed by atoms with Gasteiger partial charge in [0.15, 0.2) is 12.3 Å². The van der Waals surface area contributed by atoms with Gasteiger partial charge in [0.2, 0.25) is 0 Å². The van der Waals surface area contributed by atoms with Crippen molar-refractivity contribution in [3.63, 3.8) is 0 Å². The Kier molecular flexibility index (Phi) is 5.54. The number of fused-ring (bicyclic) bond motifs is 3. The molecule has 0 saturated carbocycles. The number of ether oxygens (including phenoxy) is 1. The van der Waals surface area contributed by atoms with E-state index in [0.29, 0.717) is 17.0 Å². The molecule has 1 atom stereocenters. The van der Waals surface area contributed by atoms with Crippen molar-refractivity contribution in [1.29, 1.82) is 0 Å². The van der Waals surface area contributed by atoms with Gasteiger partial charge in [-0.2, -0.15) is 9.37 Å². The average Bonchev–Trinajstić information content (AvgIpc) is 3.12. The number of urea groups is 1. The summed E-state index contributed by atoms with van der Waals surface area (Å²) < 4.78 is 20.7. The third-order valence-electron chi connectivity index (χ3n) is 5.59. The Hall–Kier alpha value is -3.55. The number of hydrogen-bond donors (Lipinski definition) is 0. The molecule has 1 unspecified atom stereocenters. The number of imide groups is 1. The second-order valence-corrected chi connectivity index (χ2v) is 8.39. The molecule has 4 amide bonds. The highest BCUT2D eigenvalue weighted by Crippen LogP contribution is 2.33. The normalized spacial score (nSPS) is 17.6. The number of anilines is 1. The summed E-state index contributed by atoms with van der Waals surface area (Å²) >= 11 is 0. The summed E-state index contributed by atoms with van der Waals surface area (Å²) in [7, 11) is 0. The van der Waals surface area contributed by atoms with Crippen molar-refractivity contribution in [1.82, 2.24) is 4.90 Å². The summed E-state index contributed by atoms with van der Waals surface area (Å²) in [6.45, 7) is 7.40. The molecular formula is C24H25FN3O4+. The lowest BCUT2D eigenvalue weighted by Crippen LogP contribution is -2.60. The largest absolute Gasteiger partial charge is 0.506 e. The first kappa shape index (κ1) is 21.7. The van der Waals surface area contributed by atoms with Crippen molar-refractivity contribution in [2.75, 3.05) is 11.4 Å². The molecule has 0 spiro atoms. The van der Waals surface area contributed by atoms with Gasteiger partial charge in [-0.3, -0.25) is 4.79 Å². The highest BCUT2D eigenvalue weighted by atomic mass is 19.1. The van der Waals surface area contributed by atoms with Crippen molar-refractivity contribution >= 4 is 29.2 Å². The van der Waals surface area contributed by atoms with E-state index in [9.17, 15) is 18.8 Å². The first-order valence-electron chi connectivity index (χ1n) is 10.6. The Morgan fingerprint density at radius 3 is 2.31 bits per heavy atom. The molecule has 0 bridgehead atoms. The van der Waals surface area contributed by atoms with E-state index in [1.807, 2.05) is 27.7 Å². The summed E-state index contributed by atoms with van der Waals surface area (Å²) in [5.74, 6) is -0.843. The van der Waals surface area contributed by atoms with E-state index in [0.717, 1.165) is 4.90 Å². The number of nitrogens with zero attached hydrogens (tertiary/aromatic N) is 3. The molecule has 32 heavy (non-hydrogen) atoms. The molecule has 0 aliphatic carbocycles. The molecule has 2 aliphatic rings. The second-order valence-electron chi connectivity index (χ2n) is 8.39. The lowest BCUT2D eigenvalue weighted by Gasteiger charge is -2.31. The van der Waals surface area contributed by atoms with Crippen LogP contribution in [0, 0.1) is 5.82 Å². The fourth-order valence-electron chi connectivity index (χ4n) is 4.36. The van der Waals surface area contributed by atoms with Crippen LogP contribution in [0.25, 0.3) is 0 Å². The van der Waals surface area contributed by atoms with Crippen LogP contribution in [-0.4, -0.2) is 57.8 Å². The molecule has 0 N–H and O–H groups in total. The van der Waals surface area contributed by atoms with Crippen molar-refractivity contribution in [2.45, 2.75) is 45.9 Å². The molecule has 2 aromatic carbocycles. The smallest absolute Gasteiger partial charge is 0.469 e. The van der Waals surface area contributed by atoms with Crippen molar-refractivity contribution in [3.8, 4) is 5.75 Å². The Morgan fingerprint density at radius 2 is 1.69 bits per heavy atom. The molecule has 0 radical (unpaired) electrons. The van der Waals surface area contributed by atoms with Crippen molar-refractivity contribution < 1.29 is 28.1 Å². The van der Waals surface area contributed by atoms with E-state index in [2.05, 4.69) is 0 Å². The van der Waals surface area contributed by atoms with Crippen LogP contribution in [0.4, 0.5) is 14.9 Å². The molecule has 2 aromatic rings. The standard InChI is InChI=1S/C24H25FN3O4/c1-14(2)27(15(3)4)20(29)13-26-21-18-7-5-6-8-19(18)32-22(21)23(30)28(24(26)31)17-11-9-16(25)10-12-17/h5-12,14-15,22H,13H2,1-4H3/q+1. The SMILES string of the molecule is CC(C)N(C(=O)C[N+]1=C2c3ccccc3OC2C(=O)N(c2ccc(F)cc2)C1=O)C(C)C. The molecule has 0 aromatic heterocycles. The maximum atomic E-state index is 13.6. The average molecular weight is 438 g/mol. The number of halogens is 1. The maximum absolute atomic E-state index is 13.6. The van der Waals surface area contributed by atoms with E-state index in [4.69, 9.17) is 4.74 Å². The van der Waals surface area contributed by atoms with Crippen LogP contribution < -0.4 is 9.64 Å². The van der Waals surface area contributed by atoms with Gasteiger partial charge in [0, 0.05) is 12.1 Å². The van der Waals surface area contributed by atoms with Crippen LogP contribution in [0.2, 0.25) is 0 Å². The van der Waals surface area contributed by atoms with Crippen LogP contribution in [-0.2, 0) is 9.59 Å². The van der Waals surface area contributed by atoms with Crippen LogP contribution in [0.3, 0.4) is 0 Å². The first-order valence-corrected chi connectivity index (χ1v) is 10.6. The number of rotatable bonds is 5. The molecule has 0 fully saturated rings. The number of para-hydroxylation sites is 1. The van der Waals surface area contributed by atoms with E-state index in [-0.39, 0.29) is 30.2 Å². The van der Waals surface area contributed by atoms with E-state index in [1.165, 1.54) is 28.8 Å². The summed E-state index contributed by atoms with van der Waals surface area (Å²) in [4.78, 5) is 42.7. The number of carbonyl (C=O) groups excluding carboxylic acids is 3. The molecule has 8 heteroatoms. The monoisotopic (exact) mass is 438 g/mol. The zero-order valence-electron chi connectivity index (χ0n) is 18.4. The van der Waals surface area contributed by atoms with Gasteiger partial charge in [-0.15, -0.1) is 4.90 Å². The van der Waals surface area contributed by atoms with Crippen molar-refractivity contribution in [3.05, 3.63) is 59.9 Å². The molecule has 4 rings (SSSR count). The number of benzene rings is 2. The molecule has 166 valence electrons. The van der Waals surface area contributed by atoms with Gasteiger partial charge in [0.25, 0.3) is 12.0 Å². The Labute approximate surface area is 185 Å². The van der Waals surface area contributed by atoms with Gasteiger partial charge >= 0.3 is 11.9 Å². The lowest BCUT2D eigenvalue weighted by atomic mass is 10.0. The lowest BCUT2D eigenvalue weighted by molar-refractivity contribution is -0.419. The van der Waals surface area contributed by atoms with Gasteiger partial charge < -0.3 is 9.64 Å². The summed E-state index contributed by atoms with van der Waals surface area (Å²) in [6, 6.07) is 11.3. The quantitative estimate of drug-likeness (QED) is 0.673. The highest BCUT2D eigenvalue weighted by molar-refractivity contribution is 6.29. The molecule has 0 saturated heterocycles. The third-order valence-corrected chi connectivity index (χ3v) is 5.59. The minimum atomic E-state index is -1.07. The Balaban J connectivity index is 1.83. The van der Waals surface area contributed by atoms with Crippen LogP contribution in [0.1, 0.15) is 33.3 Å². The zero-order valence-corrected chi connectivity index (χ0v) is 18.4. The van der Waals surface area contributed by atoms with Gasteiger partial charge in [-0.25, -0.2) is 9.18 Å². The molecular weight excluding hydrogens is 413 g/mol. The third kappa shape index (κ3) is 3.55. The second kappa shape index (κ2) is 8.18. The van der Waals surface area contributed by atoms with Crippen LogP contribution >= 0.6 is 0 Å². The summed E-state index contributed by atoms with van der Waals surface area (Å²) in [5, 5.41) is 0.